The van der Waals surface area contributed by atoms with Gasteiger partial charge in [0.05, 0.1) is 6.04 Å². The molecule has 0 saturated heterocycles. The molecule has 77 heavy (non-hydrogen) atoms. The summed E-state index contributed by atoms with van der Waals surface area (Å²) in [6.07, 6.45) is 1.76. The van der Waals surface area contributed by atoms with Crippen molar-refractivity contribution < 1.29 is 58.2 Å². The lowest BCUT2D eigenvalue weighted by atomic mass is 9.95. The normalized spacial score (nSPS) is 15.8. The SMILES string of the molecule is CC[C@H](C)[C@H](NC(=O)[C@H](CCCCN)NC(=O)[C@@H](N)CC(C)C)C(=O)N[C@@H](CC(C)C)C(=O)N[C@@H](Cc1ccccc1)C(=O)N[C@@H](CC(C)C)C(=O)N[C@H](C(=O)N[C@@H](CCC(=O)O)C(=O)N[C@H](C(=O)O)C(C)C)[C@@H](C)CC. The molecule has 0 aliphatic carbocycles. The molecule has 22 heteroatoms. The number of hydrogen-bond donors (Lipinski definition) is 12. The molecule has 1 aromatic carbocycles. The van der Waals surface area contributed by atoms with Crippen molar-refractivity contribution >= 4 is 59.2 Å². The third-order valence-electron chi connectivity index (χ3n) is 13.3. The minimum absolute atomic E-state index is 0.0440. The maximum atomic E-state index is 14.6. The summed E-state index contributed by atoms with van der Waals surface area (Å²) in [4.78, 5) is 136. The Morgan fingerprint density at radius 3 is 1.29 bits per heavy atom. The van der Waals surface area contributed by atoms with Crippen LogP contribution in [0.1, 0.15) is 153 Å². The van der Waals surface area contributed by atoms with Gasteiger partial charge in [0.15, 0.2) is 0 Å². The zero-order valence-corrected chi connectivity index (χ0v) is 47.7. The number of amides is 8. The monoisotopic (exact) mass is 1090 g/mol. The van der Waals surface area contributed by atoms with Gasteiger partial charge in [-0.05, 0) is 92.6 Å². The molecule has 22 nitrogen and oxygen atoms in total. The molecule has 0 spiro atoms. The minimum Gasteiger partial charge on any atom is -0.481 e. The van der Waals surface area contributed by atoms with Gasteiger partial charge in [0.1, 0.15) is 48.3 Å². The van der Waals surface area contributed by atoms with E-state index in [-0.39, 0.29) is 49.9 Å². The van der Waals surface area contributed by atoms with Crippen LogP contribution in [0, 0.1) is 35.5 Å². The predicted molar refractivity (Wildman–Crippen MR) is 293 cm³/mol. The first-order valence-electron chi connectivity index (χ1n) is 27.4. The summed E-state index contributed by atoms with van der Waals surface area (Å²) in [7, 11) is 0. The Morgan fingerprint density at radius 2 is 0.857 bits per heavy atom. The number of nitrogens with one attached hydrogen (secondary N) is 8. The van der Waals surface area contributed by atoms with Gasteiger partial charge < -0.3 is 64.2 Å². The summed E-state index contributed by atoms with van der Waals surface area (Å²) >= 11 is 0. The van der Waals surface area contributed by atoms with Gasteiger partial charge in [-0.1, -0.05) is 126 Å². The van der Waals surface area contributed by atoms with Crippen LogP contribution in [0.15, 0.2) is 30.3 Å². The highest BCUT2D eigenvalue weighted by Gasteiger charge is 2.37. The van der Waals surface area contributed by atoms with Crippen molar-refractivity contribution in [1.82, 2.24) is 42.5 Å². The van der Waals surface area contributed by atoms with Gasteiger partial charge in [0, 0.05) is 12.8 Å². The molecule has 0 aliphatic rings. The van der Waals surface area contributed by atoms with E-state index >= 15 is 0 Å². The predicted octanol–water partition coefficient (Wildman–Crippen LogP) is 2.40. The van der Waals surface area contributed by atoms with Gasteiger partial charge in [-0.15, -0.1) is 0 Å². The van der Waals surface area contributed by atoms with Crippen LogP contribution in [0.5, 0.6) is 0 Å². The fourth-order valence-electron chi connectivity index (χ4n) is 8.40. The molecular weight excluding hydrogens is 993 g/mol. The quantitative estimate of drug-likeness (QED) is 0.0426. The summed E-state index contributed by atoms with van der Waals surface area (Å²) in [5.41, 5.74) is 12.5. The lowest BCUT2D eigenvalue weighted by molar-refractivity contribution is -0.144. The molecule has 436 valence electrons. The summed E-state index contributed by atoms with van der Waals surface area (Å²) < 4.78 is 0. The maximum absolute atomic E-state index is 14.6. The Balaban J connectivity index is 3.62. The minimum atomic E-state index is -1.48. The van der Waals surface area contributed by atoms with Crippen LogP contribution in [0.3, 0.4) is 0 Å². The lowest BCUT2D eigenvalue weighted by Gasteiger charge is -2.31. The summed E-state index contributed by atoms with van der Waals surface area (Å²) in [6.45, 7) is 21.8. The lowest BCUT2D eigenvalue weighted by Crippen LogP contribution is -2.62. The molecule has 0 fully saturated rings. The van der Waals surface area contributed by atoms with Gasteiger partial charge in [-0.3, -0.25) is 43.2 Å². The molecule has 1 aromatic rings. The number of carboxylic acid groups (broad SMARTS) is 2. The Labute approximate surface area is 456 Å². The average molecular weight is 1090 g/mol. The smallest absolute Gasteiger partial charge is 0.326 e. The van der Waals surface area contributed by atoms with E-state index < -0.39 is 138 Å². The molecule has 0 aliphatic heterocycles. The third kappa shape index (κ3) is 25.7. The van der Waals surface area contributed by atoms with Gasteiger partial charge in [0.2, 0.25) is 47.3 Å². The van der Waals surface area contributed by atoms with E-state index in [0.29, 0.717) is 44.2 Å². The van der Waals surface area contributed by atoms with E-state index in [1.807, 2.05) is 48.5 Å². The molecule has 14 N–H and O–H groups in total. The zero-order valence-electron chi connectivity index (χ0n) is 47.7. The van der Waals surface area contributed by atoms with Crippen LogP contribution < -0.4 is 54.0 Å². The highest BCUT2D eigenvalue weighted by atomic mass is 16.4. The van der Waals surface area contributed by atoms with Crippen molar-refractivity contribution in [2.75, 3.05) is 6.54 Å². The number of benzene rings is 1. The van der Waals surface area contributed by atoms with Crippen molar-refractivity contribution in [2.45, 2.75) is 208 Å². The fourth-order valence-corrected chi connectivity index (χ4v) is 8.40. The van der Waals surface area contributed by atoms with Crippen LogP contribution in [-0.2, 0) is 54.4 Å². The Morgan fingerprint density at radius 1 is 0.468 bits per heavy atom. The van der Waals surface area contributed by atoms with E-state index in [1.54, 1.807) is 65.0 Å². The second-order valence-corrected chi connectivity index (χ2v) is 22.0. The number of aliphatic carboxylic acids is 2. The molecule has 11 atom stereocenters. The standard InChI is InChI=1S/C55H94N10O12/c1-13-34(11)45(53(74)59-39(23-24-43(66)67)49(70)63-44(33(9)10)55(76)77)65-52(73)41(28-32(7)8)60-51(72)42(29-36-20-16-15-17-21-36)61-50(71)40(27-31(5)6)62-54(75)46(35(12)14-2)64-48(69)38(22-18-19-25-56)58-47(68)37(57)26-30(3)4/h15-17,20-21,30-35,37-42,44-46H,13-14,18-19,22-29,56-57H2,1-12H3,(H,58,68)(H,59,74)(H,60,72)(H,61,71)(H,62,75)(H,63,70)(H,64,69)(H,65,73)(H,66,67)(H,76,77)/t34-,35-,37-,38-,39-,40-,41-,42-,44-,45-,46-/m0/s1. The number of rotatable bonds is 37. The number of carbonyl (C=O) groups is 10. The van der Waals surface area contributed by atoms with E-state index in [2.05, 4.69) is 42.5 Å². The molecule has 0 bridgehead atoms. The summed E-state index contributed by atoms with van der Waals surface area (Å²) in [5.74, 6) is -10.1. The number of carbonyl (C=O) groups excluding carboxylic acids is 8. The van der Waals surface area contributed by atoms with Crippen LogP contribution in [-0.4, -0.2) is 130 Å². The van der Waals surface area contributed by atoms with Gasteiger partial charge >= 0.3 is 11.9 Å². The van der Waals surface area contributed by atoms with Crippen molar-refractivity contribution in [3.8, 4) is 0 Å². The zero-order chi connectivity index (χ0) is 58.7. The second kappa shape index (κ2) is 35.3. The van der Waals surface area contributed by atoms with Crippen LogP contribution in [0.4, 0.5) is 0 Å². The van der Waals surface area contributed by atoms with Crippen molar-refractivity contribution in [2.24, 2.45) is 47.0 Å². The van der Waals surface area contributed by atoms with Gasteiger partial charge in [-0.2, -0.15) is 0 Å². The van der Waals surface area contributed by atoms with Crippen LogP contribution in [0.25, 0.3) is 0 Å². The van der Waals surface area contributed by atoms with Crippen LogP contribution >= 0.6 is 0 Å². The van der Waals surface area contributed by atoms with Gasteiger partial charge in [0.25, 0.3) is 0 Å². The highest BCUT2D eigenvalue weighted by molar-refractivity contribution is 5.98. The number of hydrogen-bond acceptors (Lipinski definition) is 12. The molecule has 1 rings (SSSR count). The first-order chi connectivity index (χ1) is 36.1. The maximum Gasteiger partial charge on any atom is 0.326 e. The number of carboxylic acids is 2. The Kier molecular flexibility index (Phi) is 31.6. The van der Waals surface area contributed by atoms with Crippen molar-refractivity contribution in [1.29, 1.82) is 0 Å². The molecule has 0 radical (unpaired) electrons. The molecule has 0 unspecified atom stereocenters. The number of nitrogens with two attached hydrogens (primary N) is 2. The summed E-state index contributed by atoms with van der Waals surface area (Å²) in [5, 5.41) is 40.8. The third-order valence-corrected chi connectivity index (χ3v) is 13.3. The first kappa shape index (κ1) is 68.9. The van der Waals surface area contributed by atoms with Gasteiger partial charge in [-0.25, -0.2) is 4.79 Å². The highest BCUT2D eigenvalue weighted by Crippen LogP contribution is 2.16. The molecule has 0 saturated carbocycles. The Bertz CT molecular complexity index is 2070. The Hall–Kier alpha value is -6.16. The van der Waals surface area contributed by atoms with E-state index in [1.165, 1.54) is 0 Å². The fraction of sp³-hybridized carbons (Fsp3) is 0.709. The number of unbranched alkanes of at least 4 members (excludes halogenated alkanes) is 1. The van der Waals surface area contributed by atoms with Crippen molar-refractivity contribution in [3.05, 3.63) is 35.9 Å². The molecule has 8 amide bonds. The largest absolute Gasteiger partial charge is 0.481 e. The van der Waals surface area contributed by atoms with Crippen molar-refractivity contribution in [3.63, 3.8) is 0 Å². The topological polar surface area (TPSA) is 359 Å². The molecule has 0 heterocycles. The van der Waals surface area contributed by atoms with E-state index in [4.69, 9.17) is 11.5 Å². The molecular formula is C55H94N10O12. The van der Waals surface area contributed by atoms with E-state index in [9.17, 15) is 58.2 Å². The van der Waals surface area contributed by atoms with E-state index in [0.717, 1.165) is 0 Å². The summed E-state index contributed by atoms with van der Waals surface area (Å²) in [6, 6.07) is -2.15. The average Bonchev–Trinajstić information content (AvgIpc) is 3.35. The van der Waals surface area contributed by atoms with Crippen LogP contribution in [0.2, 0.25) is 0 Å². The first-order valence-corrected chi connectivity index (χ1v) is 27.4. The molecule has 0 aromatic heterocycles. The second-order valence-electron chi connectivity index (χ2n) is 22.0.